The summed E-state index contributed by atoms with van der Waals surface area (Å²) in [4.78, 5) is 14.7. The third-order valence-corrected chi connectivity index (χ3v) is 4.15. The zero-order valence-corrected chi connectivity index (χ0v) is 10.6. The maximum absolute atomic E-state index is 11.8. The average molecular weight is 256 g/mol. The summed E-state index contributed by atoms with van der Waals surface area (Å²) in [5.41, 5.74) is 0. The Hall–Kier alpha value is -0.670. The van der Waals surface area contributed by atoms with Crippen molar-refractivity contribution in [1.29, 1.82) is 0 Å². The van der Waals surface area contributed by atoms with E-state index in [1.807, 2.05) is 29.2 Å². The first-order valence-electron chi connectivity index (χ1n) is 5.42. The van der Waals surface area contributed by atoms with Crippen LogP contribution in [0.1, 0.15) is 12.8 Å². The standard InChI is InChI=1S/C12H14ClNOS/c13-10-5-1-2-6-11(10)16-9-12(15)14-7-3-4-8-14/h1-2,5-6H,3-4,7-9H2. The molecule has 0 atom stereocenters. The van der Waals surface area contributed by atoms with E-state index in [2.05, 4.69) is 0 Å². The molecule has 0 saturated carbocycles. The van der Waals surface area contributed by atoms with Crippen LogP contribution >= 0.6 is 23.4 Å². The van der Waals surface area contributed by atoms with E-state index < -0.39 is 0 Å². The molecule has 0 bridgehead atoms. The lowest BCUT2D eigenvalue weighted by molar-refractivity contribution is -0.127. The second-order valence-electron chi connectivity index (χ2n) is 3.81. The summed E-state index contributed by atoms with van der Waals surface area (Å²) in [5, 5.41) is 0.724. The number of benzene rings is 1. The van der Waals surface area contributed by atoms with Crippen LogP contribution < -0.4 is 0 Å². The largest absolute Gasteiger partial charge is 0.342 e. The molecule has 1 saturated heterocycles. The monoisotopic (exact) mass is 255 g/mol. The third kappa shape index (κ3) is 2.92. The number of rotatable bonds is 3. The van der Waals surface area contributed by atoms with E-state index in [0.29, 0.717) is 5.75 Å². The Morgan fingerprint density at radius 3 is 2.69 bits per heavy atom. The summed E-state index contributed by atoms with van der Waals surface area (Å²) in [6.07, 6.45) is 2.28. The molecule has 0 spiro atoms. The molecule has 1 aromatic carbocycles. The lowest BCUT2D eigenvalue weighted by Crippen LogP contribution is -2.29. The number of nitrogens with zero attached hydrogens (tertiary/aromatic N) is 1. The van der Waals surface area contributed by atoms with Crippen LogP contribution in [0.3, 0.4) is 0 Å². The van der Waals surface area contributed by atoms with Gasteiger partial charge in [0.25, 0.3) is 0 Å². The molecule has 0 unspecified atom stereocenters. The van der Waals surface area contributed by atoms with Crippen molar-refractivity contribution in [2.75, 3.05) is 18.8 Å². The van der Waals surface area contributed by atoms with Gasteiger partial charge in [-0.25, -0.2) is 0 Å². The molecule has 0 N–H and O–H groups in total. The summed E-state index contributed by atoms with van der Waals surface area (Å²) < 4.78 is 0. The SMILES string of the molecule is O=C(CSc1ccccc1Cl)N1CCCC1. The Morgan fingerprint density at radius 2 is 2.00 bits per heavy atom. The van der Waals surface area contributed by atoms with Crippen molar-refractivity contribution in [1.82, 2.24) is 4.90 Å². The maximum Gasteiger partial charge on any atom is 0.232 e. The van der Waals surface area contributed by atoms with E-state index in [9.17, 15) is 4.79 Å². The highest BCUT2D eigenvalue weighted by molar-refractivity contribution is 8.00. The van der Waals surface area contributed by atoms with Crippen LogP contribution in [0.5, 0.6) is 0 Å². The first kappa shape index (κ1) is 11.8. The van der Waals surface area contributed by atoms with Gasteiger partial charge in [0, 0.05) is 18.0 Å². The quantitative estimate of drug-likeness (QED) is 0.774. The predicted octanol–water partition coefficient (Wildman–Crippen LogP) is 3.05. The zero-order valence-electron chi connectivity index (χ0n) is 8.99. The van der Waals surface area contributed by atoms with Crippen LogP contribution in [0.25, 0.3) is 0 Å². The molecule has 1 aliphatic rings. The van der Waals surface area contributed by atoms with E-state index in [4.69, 9.17) is 11.6 Å². The van der Waals surface area contributed by atoms with Gasteiger partial charge in [0.1, 0.15) is 0 Å². The Morgan fingerprint density at radius 1 is 1.31 bits per heavy atom. The van der Waals surface area contributed by atoms with E-state index in [-0.39, 0.29) is 5.91 Å². The van der Waals surface area contributed by atoms with Gasteiger partial charge in [0.15, 0.2) is 0 Å². The average Bonchev–Trinajstić information content (AvgIpc) is 2.81. The fourth-order valence-electron chi connectivity index (χ4n) is 1.76. The molecule has 1 amide bonds. The van der Waals surface area contributed by atoms with Crippen molar-refractivity contribution in [3.63, 3.8) is 0 Å². The van der Waals surface area contributed by atoms with Crippen LogP contribution in [-0.4, -0.2) is 29.6 Å². The van der Waals surface area contributed by atoms with Crippen molar-refractivity contribution in [2.24, 2.45) is 0 Å². The molecule has 1 heterocycles. The van der Waals surface area contributed by atoms with Gasteiger partial charge in [-0.05, 0) is 25.0 Å². The number of hydrogen-bond acceptors (Lipinski definition) is 2. The van der Waals surface area contributed by atoms with E-state index in [1.54, 1.807) is 0 Å². The van der Waals surface area contributed by atoms with Crippen molar-refractivity contribution < 1.29 is 4.79 Å². The van der Waals surface area contributed by atoms with Gasteiger partial charge < -0.3 is 4.90 Å². The van der Waals surface area contributed by atoms with Gasteiger partial charge >= 0.3 is 0 Å². The van der Waals surface area contributed by atoms with Crippen molar-refractivity contribution in [3.05, 3.63) is 29.3 Å². The van der Waals surface area contributed by atoms with Gasteiger partial charge in [0.05, 0.1) is 10.8 Å². The van der Waals surface area contributed by atoms with Gasteiger partial charge in [-0.15, -0.1) is 11.8 Å². The topological polar surface area (TPSA) is 20.3 Å². The van der Waals surface area contributed by atoms with Crippen LogP contribution in [0.15, 0.2) is 29.2 Å². The maximum atomic E-state index is 11.8. The normalized spacial score (nSPS) is 15.4. The van der Waals surface area contributed by atoms with Gasteiger partial charge in [0.2, 0.25) is 5.91 Å². The number of halogens is 1. The van der Waals surface area contributed by atoms with Gasteiger partial charge in [-0.3, -0.25) is 4.79 Å². The molecule has 0 radical (unpaired) electrons. The molecule has 2 rings (SSSR count). The number of carbonyl (C=O) groups is 1. The molecule has 4 heteroatoms. The fraction of sp³-hybridized carbons (Fsp3) is 0.417. The van der Waals surface area contributed by atoms with Crippen LogP contribution in [-0.2, 0) is 4.79 Å². The van der Waals surface area contributed by atoms with Gasteiger partial charge in [-0.1, -0.05) is 23.7 Å². The zero-order chi connectivity index (χ0) is 11.4. The minimum Gasteiger partial charge on any atom is -0.342 e. The summed E-state index contributed by atoms with van der Waals surface area (Å²) >= 11 is 7.54. The number of amides is 1. The van der Waals surface area contributed by atoms with Crippen LogP contribution in [0, 0.1) is 0 Å². The van der Waals surface area contributed by atoms with E-state index >= 15 is 0 Å². The minimum atomic E-state index is 0.224. The lowest BCUT2D eigenvalue weighted by Gasteiger charge is -2.14. The number of carbonyl (C=O) groups excluding carboxylic acids is 1. The van der Waals surface area contributed by atoms with Crippen molar-refractivity contribution in [2.45, 2.75) is 17.7 Å². The first-order chi connectivity index (χ1) is 7.77. The van der Waals surface area contributed by atoms with Gasteiger partial charge in [-0.2, -0.15) is 0 Å². The second kappa shape index (κ2) is 5.60. The summed E-state index contributed by atoms with van der Waals surface area (Å²) in [6, 6.07) is 7.64. The molecular formula is C12H14ClNOS. The highest BCUT2D eigenvalue weighted by Gasteiger charge is 2.17. The molecule has 1 fully saturated rings. The first-order valence-corrected chi connectivity index (χ1v) is 6.79. The Balaban J connectivity index is 1.87. The molecule has 1 aliphatic heterocycles. The summed E-state index contributed by atoms with van der Waals surface area (Å²) in [5.74, 6) is 0.714. The van der Waals surface area contributed by atoms with E-state index in [0.717, 1.165) is 35.8 Å². The number of likely N-dealkylation sites (tertiary alicyclic amines) is 1. The second-order valence-corrected chi connectivity index (χ2v) is 5.23. The highest BCUT2D eigenvalue weighted by Crippen LogP contribution is 2.26. The number of hydrogen-bond donors (Lipinski definition) is 0. The Kier molecular flexibility index (Phi) is 4.13. The molecule has 0 aliphatic carbocycles. The summed E-state index contributed by atoms with van der Waals surface area (Å²) in [7, 11) is 0. The number of thioether (sulfide) groups is 1. The molecular weight excluding hydrogens is 242 g/mol. The fourth-order valence-corrected chi connectivity index (χ4v) is 2.90. The van der Waals surface area contributed by atoms with E-state index in [1.165, 1.54) is 11.8 Å². The smallest absolute Gasteiger partial charge is 0.232 e. The Labute approximate surface area is 105 Å². The van der Waals surface area contributed by atoms with Crippen molar-refractivity contribution >= 4 is 29.3 Å². The Bertz CT molecular complexity index is 377. The minimum absolute atomic E-state index is 0.224. The molecule has 16 heavy (non-hydrogen) atoms. The third-order valence-electron chi connectivity index (χ3n) is 2.65. The summed E-state index contributed by atoms with van der Waals surface area (Å²) in [6.45, 7) is 1.84. The van der Waals surface area contributed by atoms with Crippen LogP contribution in [0.4, 0.5) is 0 Å². The van der Waals surface area contributed by atoms with Crippen molar-refractivity contribution in [3.8, 4) is 0 Å². The lowest BCUT2D eigenvalue weighted by atomic mass is 10.4. The molecule has 0 aromatic heterocycles. The highest BCUT2D eigenvalue weighted by atomic mass is 35.5. The predicted molar refractivity (Wildman–Crippen MR) is 68.0 cm³/mol. The van der Waals surface area contributed by atoms with Crippen LogP contribution in [0.2, 0.25) is 5.02 Å². The molecule has 86 valence electrons. The molecule has 1 aromatic rings. The molecule has 2 nitrogen and oxygen atoms in total.